The number of unbranched alkanes of at least 4 members (excludes halogenated alkanes) is 3. The Labute approximate surface area is 80.2 Å². The molecular formula is C10H25NSi. The maximum Gasteiger partial charge on any atom is 0.0944 e. The summed E-state index contributed by atoms with van der Waals surface area (Å²) in [7, 11) is 0.0514. The molecule has 1 N–H and O–H groups in total. The molecule has 0 fully saturated rings. The summed E-state index contributed by atoms with van der Waals surface area (Å²) in [6.45, 7) is 8.06. The van der Waals surface area contributed by atoms with Gasteiger partial charge in [-0.1, -0.05) is 52.9 Å². The molecule has 1 nitrogen and oxygen atoms in total. The first kappa shape index (κ1) is 12.2. The summed E-state index contributed by atoms with van der Waals surface area (Å²) in [6.07, 6.45) is 7.14. The van der Waals surface area contributed by atoms with Crippen molar-refractivity contribution in [3.05, 3.63) is 0 Å². The first-order chi connectivity index (χ1) is 5.81. The highest BCUT2D eigenvalue weighted by Gasteiger charge is 2.00. The second-order valence-electron chi connectivity index (χ2n) is 3.76. The van der Waals surface area contributed by atoms with Crippen LogP contribution >= 0.6 is 0 Å². The van der Waals surface area contributed by atoms with Crippen molar-refractivity contribution in [3.63, 3.8) is 0 Å². The van der Waals surface area contributed by atoms with Gasteiger partial charge in [-0.05, 0) is 12.1 Å². The van der Waals surface area contributed by atoms with Crippen LogP contribution in [0.25, 0.3) is 0 Å². The minimum Gasteiger partial charge on any atom is -0.342 e. The Kier molecular flexibility index (Phi) is 9.40. The fourth-order valence-corrected chi connectivity index (χ4v) is 2.69. The van der Waals surface area contributed by atoms with E-state index in [-0.39, 0.29) is 9.68 Å². The standard InChI is InChI=1S/C10H25NSi/c1-4-6-7-8-9-10(3)12-11-5-2/h10-11H,4-9,12H2,1-3H3. The molecule has 0 aliphatic heterocycles. The normalized spacial score (nSPS) is 14.2. The minimum absolute atomic E-state index is 0.0514. The van der Waals surface area contributed by atoms with Gasteiger partial charge in [0.05, 0.1) is 9.68 Å². The molecule has 2 heteroatoms. The molecule has 0 saturated carbocycles. The van der Waals surface area contributed by atoms with Crippen molar-refractivity contribution < 1.29 is 0 Å². The molecule has 0 aromatic rings. The molecule has 0 aliphatic carbocycles. The van der Waals surface area contributed by atoms with Crippen LogP contribution in [-0.4, -0.2) is 16.2 Å². The second-order valence-corrected chi connectivity index (χ2v) is 6.06. The lowest BCUT2D eigenvalue weighted by atomic mass is 10.1. The SMILES string of the molecule is CCCCCCC(C)[SiH2]NCC. The van der Waals surface area contributed by atoms with E-state index in [9.17, 15) is 0 Å². The van der Waals surface area contributed by atoms with Crippen LogP contribution in [0, 0.1) is 0 Å². The van der Waals surface area contributed by atoms with E-state index in [1.807, 2.05) is 0 Å². The molecule has 1 atom stereocenters. The summed E-state index contributed by atoms with van der Waals surface area (Å²) in [4.78, 5) is 3.53. The number of nitrogens with one attached hydrogen (secondary N) is 1. The van der Waals surface area contributed by atoms with Gasteiger partial charge in [0, 0.05) is 0 Å². The smallest absolute Gasteiger partial charge is 0.0944 e. The molecule has 0 aromatic heterocycles. The van der Waals surface area contributed by atoms with E-state index in [1.165, 1.54) is 38.6 Å². The van der Waals surface area contributed by atoms with E-state index in [1.54, 1.807) is 0 Å². The summed E-state index contributed by atoms with van der Waals surface area (Å²) >= 11 is 0. The third-order valence-corrected chi connectivity index (χ3v) is 4.19. The van der Waals surface area contributed by atoms with Gasteiger partial charge in [0.15, 0.2) is 0 Å². The molecule has 74 valence electrons. The Bertz CT molecular complexity index is 85.9. The van der Waals surface area contributed by atoms with Crippen molar-refractivity contribution >= 4 is 9.68 Å². The van der Waals surface area contributed by atoms with Gasteiger partial charge in [-0.15, -0.1) is 0 Å². The third-order valence-electron chi connectivity index (χ3n) is 2.29. The molecule has 0 aromatic carbocycles. The van der Waals surface area contributed by atoms with Gasteiger partial charge >= 0.3 is 0 Å². The van der Waals surface area contributed by atoms with E-state index >= 15 is 0 Å². The summed E-state index contributed by atoms with van der Waals surface area (Å²) < 4.78 is 0. The highest BCUT2D eigenvalue weighted by molar-refractivity contribution is 6.34. The minimum atomic E-state index is 0.0514. The van der Waals surface area contributed by atoms with E-state index in [0.29, 0.717) is 0 Å². The highest BCUT2D eigenvalue weighted by atomic mass is 28.2. The lowest BCUT2D eigenvalue weighted by Gasteiger charge is -2.09. The van der Waals surface area contributed by atoms with Crippen LogP contribution < -0.4 is 4.98 Å². The van der Waals surface area contributed by atoms with E-state index in [4.69, 9.17) is 0 Å². The lowest BCUT2D eigenvalue weighted by molar-refractivity contribution is 0.619. The van der Waals surface area contributed by atoms with Crippen LogP contribution in [0.3, 0.4) is 0 Å². The molecule has 0 spiro atoms. The Morgan fingerprint density at radius 1 is 1.17 bits per heavy atom. The van der Waals surface area contributed by atoms with E-state index in [2.05, 4.69) is 25.8 Å². The van der Waals surface area contributed by atoms with Crippen molar-refractivity contribution in [3.8, 4) is 0 Å². The van der Waals surface area contributed by atoms with Crippen LogP contribution in [0.2, 0.25) is 5.54 Å². The quantitative estimate of drug-likeness (QED) is 0.455. The number of rotatable bonds is 8. The van der Waals surface area contributed by atoms with Crippen LogP contribution in [-0.2, 0) is 0 Å². The Morgan fingerprint density at radius 3 is 2.50 bits per heavy atom. The van der Waals surface area contributed by atoms with Crippen molar-refractivity contribution in [2.75, 3.05) is 6.54 Å². The van der Waals surface area contributed by atoms with Crippen molar-refractivity contribution in [2.45, 2.75) is 58.4 Å². The van der Waals surface area contributed by atoms with Crippen molar-refractivity contribution in [1.29, 1.82) is 0 Å². The number of hydrogen-bond acceptors (Lipinski definition) is 1. The molecule has 0 bridgehead atoms. The average Bonchev–Trinajstić information content (AvgIpc) is 2.09. The second kappa shape index (κ2) is 9.27. The lowest BCUT2D eigenvalue weighted by Crippen LogP contribution is -2.21. The van der Waals surface area contributed by atoms with Gasteiger partial charge in [-0.3, -0.25) is 0 Å². The summed E-state index contributed by atoms with van der Waals surface area (Å²) in [5.74, 6) is 0. The van der Waals surface area contributed by atoms with Gasteiger partial charge < -0.3 is 4.98 Å². The maximum absolute atomic E-state index is 3.53. The topological polar surface area (TPSA) is 12.0 Å². The van der Waals surface area contributed by atoms with Crippen LogP contribution in [0.4, 0.5) is 0 Å². The molecule has 0 rings (SSSR count). The summed E-state index contributed by atoms with van der Waals surface area (Å²) in [5.41, 5.74) is 1.00. The Balaban J connectivity index is 3.02. The van der Waals surface area contributed by atoms with E-state index < -0.39 is 0 Å². The Hall–Kier alpha value is 0.177. The summed E-state index contributed by atoms with van der Waals surface area (Å²) in [6, 6.07) is 0. The van der Waals surface area contributed by atoms with Crippen LogP contribution in [0.1, 0.15) is 52.9 Å². The molecule has 1 unspecified atom stereocenters. The fourth-order valence-electron chi connectivity index (χ4n) is 1.41. The summed E-state index contributed by atoms with van der Waals surface area (Å²) in [5, 5.41) is 0. The highest BCUT2D eigenvalue weighted by Crippen LogP contribution is 2.12. The molecule has 0 heterocycles. The zero-order chi connectivity index (χ0) is 9.23. The fraction of sp³-hybridized carbons (Fsp3) is 1.00. The van der Waals surface area contributed by atoms with Gasteiger partial charge in [0.25, 0.3) is 0 Å². The first-order valence-corrected chi connectivity index (χ1v) is 7.04. The Morgan fingerprint density at radius 2 is 1.92 bits per heavy atom. The van der Waals surface area contributed by atoms with Crippen LogP contribution in [0.5, 0.6) is 0 Å². The molecular weight excluding hydrogens is 162 g/mol. The van der Waals surface area contributed by atoms with Gasteiger partial charge in [-0.25, -0.2) is 0 Å². The monoisotopic (exact) mass is 187 g/mol. The van der Waals surface area contributed by atoms with Crippen molar-refractivity contribution in [1.82, 2.24) is 4.98 Å². The van der Waals surface area contributed by atoms with Crippen molar-refractivity contribution in [2.24, 2.45) is 0 Å². The first-order valence-electron chi connectivity index (χ1n) is 5.52. The van der Waals surface area contributed by atoms with E-state index in [0.717, 1.165) is 5.54 Å². The zero-order valence-electron chi connectivity index (χ0n) is 9.03. The molecule has 0 amide bonds. The van der Waals surface area contributed by atoms with Gasteiger partial charge in [0.2, 0.25) is 0 Å². The predicted molar refractivity (Wildman–Crippen MR) is 60.4 cm³/mol. The molecule has 0 saturated heterocycles. The third kappa shape index (κ3) is 8.28. The largest absolute Gasteiger partial charge is 0.342 e. The van der Waals surface area contributed by atoms with Gasteiger partial charge in [-0.2, -0.15) is 0 Å². The molecule has 0 radical (unpaired) electrons. The van der Waals surface area contributed by atoms with Crippen LogP contribution in [0.15, 0.2) is 0 Å². The molecule has 0 aliphatic rings. The average molecular weight is 187 g/mol. The van der Waals surface area contributed by atoms with Gasteiger partial charge in [0.1, 0.15) is 0 Å². The zero-order valence-corrected chi connectivity index (χ0v) is 10.4. The molecule has 12 heavy (non-hydrogen) atoms. The maximum atomic E-state index is 3.53. The number of hydrogen-bond donors (Lipinski definition) is 1. The predicted octanol–water partition coefficient (Wildman–Crippen LogP) is 2.46.